The smallest absolute Gasteiger partial charge is 0.119 e. The molecule has 3 heteroatoms. The summed E-state index contributed by atoms with van der Waals surface area (Å²) in [6, 6.07) is 17.0. The van der Waals surface area contributed by atoms with E-state index in [0.717, 1.165) is 23.9 Å². The number of benzene rings is 2. The van der Waals surface area contributed by atoms with Crippen LogP contribution in [0.5, 0.6) is 5.75 Å². The summed E-state index contributed by atoms with van der Waals surface area (Å²) in [7, 11) is 1.72. The molecule has 0 aliphatic carbocycles. The van der Waals surface area contributed by atoms with Gasteiger partial charge in [0, 0.05) is 17.6 Å². The highest BCUT2D eigenvalue weighted by molar-refractivity contribution is 6.31. The van der Waals surface area contributed by atoms with E-state index in [4.69, 9.17) is 16.3 Å². The Labute approximate surface area is 131 Å². The van der Waals surface area contributed by atoms with Gasteiger partial charge >= 0.3 is 0 Å². The molecule has 0 bridgehead atoms. The average molecular weight is 302 g/mol. The Bertz CT molecular complexity index is 614. The molecule has 2 aromatic rings. The number of hydrogen-bond acceptors (Lipinski definition) is 2. The minimum absolute atomic E-state index is 0.455. The zero-order chi connectivity index (χ0) is 14.7. The van der Waals surface area contributed by atoms with Gasteiger partial charge in [0.2, 0.25) is 0 Å². The van der Waals surface area contributed by atoms with Crippen molar-refractivity contribution >= 4 is 11.6 Å². The summed E-state index contributed by atoms with van der Waals surface area (Å²) in [5, 5.41) is 0.855. The molecular formula is C18H20ClNO. The monoisotopic (exact) mass is 301 g/mol. The Morgan fingerprint density at radius 3 is 2.86 bits per heavy atom. The zero-order valence-corrected chi connectivity index (χ0v) is 13.0. The number of halogens is 1. The molecular weight excluding hydrogens is 282 g/mol. The first-order valence-corrected chi connectivity index (χ1v) is 7.77. The van der Waals surface area contributed by atoms with E-state index in [9.17, 15) is 0 Å². The molecule has 0 N–H and O–H groups in total. The average Bonchev–Trinajstić information content (AvgIpc) is 2.98. The van der Waals surface area contributed by atoms with Gasteiger partial charge in [-0.2, -0.15) is 0 Å². The lowest BCUT2D eigenvalue weighted by Gasteiger charge is -2.25. The fourth-order valence-corrected chi connectivity index (χ4v) is 3.28. The Hall–Kier alpha value is -1.51. The highest BCUT2D eigenvalue weighted by atomic mass is 35.5. The van der Waals surface area contributed by atoms with Crippen molar-refractivity contribution in [1.82, 2.24) is 4.90 Å². The van der Waals surface area contributed by atoms with E-state index in [1.807, 2.05) is 18.2 Å². The molecule has 0 spiro atoms. The summed E-state index contributed by atoms with van der Waals surface area (Å²) < 4.78 is 5.35. The molecule has 21 heavy (non-hydrogen) atoms. The maximum absolute atomic E-state index is 6.30. The molecule has 1 unspecified atom stereocenters. The van der Waals surface area contributed by atoms with Gasteiger partial charge in [-0.25, -0.2) is 0 Å². The second kappa shape index (κ2) is 6.50. The van der Waals surface area contributed by atoms with Crippen LogP contribution in [0.1, 0.15) is 30.0 Å². The lowest BCUT2D eigenvalue weighted by molar-refractivity contribution is 0.248. The lowest BCUT2D eigenvalue weighted by Crippen LogP contribution is -2.22. The van der Waals surface area contributed by atoms with Crippen LogP contribution < -0.4 is 4.74 Å². The Balaban J connectivity index is 1.80. The standard InChI is InChI=1S/C18H20ClNO/c1-21-16-8-4-7-14(12-16)18-10-5-11-20(18)13-15-6-2-3-9-17(15)19/h2-4,6-9,12,18H,5,10-11,13H2,1H3. The van der Waals surface area contributed by atoms with Gasteiger partial charge < -0.3 is 4.74 Å². The van der Waals surface area contributed by atoms with Crippen molar-refractivity contribution in [3.63, 3.8) is 0 Å². The van der Waals surface area contributed by atoms with Crippen LogP contribution in [0, 0.1) is 0 Å². The van der Waals surface area contributed by atoms with Crippen LogP contribution in [-0.4, -0.2) is 18.6 Å². The second-order valence-electron chi connectivity index (χ2n) is 5.50. The Morgan fingerprint density at radius 1 is 1.19 bits per heavy atom. The lowest BCUT2D eigenvalue weighted by atomic mass is 10.0. The predicted molar refractivity (Wildman–Crippen MR) is 86.8 cm³/mol. The molecule has 1 aliphatic rings. The van der Waals surface area contributed by atoms with Crippen LogP contribution in [0.3, 0.4) is 0 Å². The molecule has 2 aromatic carbocycles. The van der Waals surface area contributed by atoms with Gasteiger partial charge in [0.25, 0.3) is 0 Å². The van der Waals surface area contributed by atoms with E-state index >= 15 is 0 Å². The van der Waals surface area contributed by atoms with Crippen LogP contribution in [0.25, 0.3) is 0 Å². The van der Waals surface area contributed by atoms with Crippen LogP contribution in [0.4, 0.5) is 0 Å². The van der Waals surface area contributed by atoms with Crippen LogP contribution in [0.15, 0.2) is 48.5 Å². The van der Waals surface area contributed by atoms with Crippen molar-refractivity contribution in [3.05, 3.63) is 64.7 Å². The Kier molecular flexibility index (Phi) is 4.47. The van der Waals surface area contributed by atoms with Gasteiger partial charge in [-0.15, -0.1) is 0 Å². The molecule has 0 saturated carbocycles. The van der Waals surface area contributed by atoms with Crippen molar-refractivity contribution in [2.24, 2.45) is 0 Å². The third-order valence-corrected chi connectivity index (χ3v) is 4.54. The molecule has 0 amide bonds. The van der Waals surface area contributed by atoms with Crippen molar-refractivity contribution in [1.29, 1.82) is 0 Å². The molecule has 1 aliphatic heterocycles. The molecule has 3 rings (SSSR count). The first-order chi connectivity index (χ1) is 10.3. The number of hydrogen-bond donors (Lipinski definition) is 0. The number of nitrogens with zero attached hydrogens (tertiary/aromatic N) is 1. The van der Waals surface area contributed by atoms with E-state index in [0.29, 0.717) is 6.04 Å². The number of likely N-dealkylation sites (tertiary alicyclic amines) is 1. The molecule has 1 saturated heterocycles. The van der Waals surface area contributed by atoms with Gasteiger partial charge in [0.15, 0.2) is 0 Å². The Morgan fingerprint density at radius 2 is 2.05 bits per heavy atom. The molecule has 1 fully saturated rings. The molecule has 0 radical (unpaired) electrons. The summed E-state index contributed by atoms with van der Waals surface area (Å²) in [6.45, 7) is 2.02. The van der Waals surface area contributed by atoms with Crippen molar-refractivity contribution < 1.29 is 4.74 Å². The normalized spacial score (nSPS) is 18.9. The van der Waals surface area contributed by atoms with E-state index in [-0.39, 0.29) is 0 Å². The predicted octanol–water partition coefficient (Wildman–Crippen LogP) is 4.69. The summed E-state index contributed by atoms with van der Waals surface area (Å²) in [5.41, 5.74) is 2.54. The second-order valence-corrected chi connectivity index (χ2v) is 5.90. The van der Waals surface area contributed by atoms with E-state index in [1.54, 1.807) is 7.11 Å². The van der Waals surface area contributed by atoms with E-state index in [2.05, 4.69) is 35.2 Å². The largest absolute Gasteiger partial charge is 0.497 e. The first kappa shape index (κ1) is 14.4. The maximum Gasteiger partial charge on any atom is 0.119 e. The van der Waals surface area contributed by atoms with E-state index < -0.39 is 0 Å². The fourth-order valence-electron chi connectivity index (χ4n) is 3.09. The topological polar surface area (TPSA) is 12.5 Å². The van der Waals surface area contributed by atoms with Gasteiger partial charge in [-0.1, -0.05) is 41.9 Å². The summed E-state index contributed by atoms with van der Waals surface area (Å²) in [4.78, 5) is 2.51. The molecule has 1 heterocycles. The minimum Gasteiger partial charge on any atom is -0.497 e. The van der Waals surface area contributed by atoms with Crippen LogP contribution in [-0.2, 0) is 6.54 Å². The molecule has 0 aromatic heterocycles. The molecule has 110 valence electrons. The quantitative estimate of drug-likeness (QED) is 0.812. The third-order valence-electron chi connectivity index (χ3n) is 4.17. The molecule has 2 nitrogen and oxygen atoms in total. The molecule has 1 atom stereocenters. The highest BCUT2D eigenvalue weighted by Gasteiger charge is 2.26. The highest BCUT2D eigenvalue weighted by Crippen LogP contribution is 2.35. The number of ether oxygens (including phenoxy) is 1. The van der Waals surface area contributed by atoms with Crippen molar-refractivity contribution in [3.8, 4) is 5.75 Å². The van der Waals surface area contributed by atoms with Gasteiger partial charge in [-0.05, 0) is 48.7 Å². The van der Waals surface area contributed by atoms with Crippen LogP contribution >= 0.6 is 11.6 Å². The number of rotatable bonds is 4. The van der Waals surface area contributed by atoms with Crippen molar-refractivity contribution in [2.45, 2.75) is 25.4 Å². The SMILES string of the molecule is COc1cccc(C2CCCN2Cc2ccccc2Cl)c1. The zero-order valence-electron chi connectivity index (χ0n) is 12.3. The van der Waals surface area contributed by atoms with Crippen LogP contribution in [0.2, 0.25) is 5.02 Å². The third kappa shape index (κ3) is 3.22. The van der Waals surface area contributed by atoms with Gasteiger partial charge in [-0.3, -0.25) is 4.90 Å². The number of methoxy groups -OCH3 is 1. The fraction of sp³-hybridized carbons (Fsp3) is 0.333. The first-order valence-electron chi connectivity index (χ1n) is 7.39. The van der Waals surface area contributed by atoms with Crippen molar-refractivity contribution in [2.75, 3.05) is 13.7 Å². The minimum atomic E-state index is 0.455. The summed E-state index contributed by atoms with van der Waals surface area (Å²) in [6.07, 6.45) is 2.42. The maximum atomic E-state index is 6.30. The summed E-state index contributed by atoms with van der Waals surface area (Å²) in [5.74, 6) is 0.928. The van der Waals surface area contributed by atoms with Gasteiger partial charge in [0.1, 0.15) is 5.75 Å². The van der Waals surface area contributed by atoms with E-state index in [1.165, 1.54) is 24.0 Å². The van der Waals surface area contributed by atoms with Gasteiger partial charge in [0.05, 0.1) is 7.11 Å². The summed E-state index contributed by atoms with van der Waals surface area (Å²) >= 11 is 6.30.